The van der Waals surface area contributed by atoms with E-state index < -0.39 is 5.97 Å². The smallest absolute Gasteiger partial charge is 0.307 e. The van der Waals surface area contributed by atoms with Crippen LogP contribution in [0, 0.1) is 5.92 Å². The minimum Gasteiger partial charge on any atom is -0.481 e. The Labute approximate surface area is 104 Å². The predicted molar refractivity (Wildman–Crippen MR) is 64.5 cm³/mol. The maximum absolute atomic E-state index is 11.1. The van der Waals surface area contributed by atoms with E-state index in [4.69, 9.17) is 5.11 Å². The molecule has 92 valence electrons. The molecule has 2 unspecified atom stereocenters. The number of carbonyl (C=O) groups is 1. The normalized spacial score (nSPS) is 22.4. The molecule has 1 N–H and O–H groups in total. The number of hydrogen-bond acceptors (Lipinski definition) is 3. The third kappa shape index (κ3) is 1.68. The van der Waals surface area contributed by atoms with Crippen molar-refractivity contribution >= 4 is 5.97 Å². The Morgan fingerprint density at radius 2 is 2.06 bits per heavy atom. The molecule has 1 aliphatic carbocycles. The van der Waals surface area contributed by atoms with Gasteiger partial charge < -0.3 is 5.11 Å². The van der Waals surface area contributed by atoms with Gasteiger partial charge in [0.2, 0.25) is 0 Å². The van der Waals surface area contributed by atoms with Gasteiger partial charge in [0.25, 0.3) is 0 Å². The zero-order valence-corrected chi connectivity index (χ0v) is 9.73. The molecule has 1 aliphatic rings. The summed E-state index contributed by atoms with van der Waals surface area (Å²) in [7, 11) is 0. The molecule has 0 spiro atoms. The second kappa shape index (κ2) is 4.25. The van der Waals surface area contributed by atoms with Gasteiger partial charge in [-0.25, -0.2) is 4.68 Å². The van der Waals surface area contributed by atoms with Gasteiger partial charge >= 0.3 is 5.97 Å². The fourth-order valence-electron chi connectivity index (χ4n) is 2.42. The van der Waals surface area contributed by atoms with Gasteiger partial charge in [0.05, 0.1) is 23.5 Å². The second-order valence-electron chi connectivity index (χ2n) is 4.53. The molecular formula is C13H13N3O2. The van der Waals surface area contributed by atoms with E-state index >= 15 is 0 Å². The molecule has 18 heavy (non-hydrogen) atoms. The highest BCUT2D eigenvalue weighted by Gasteiger charge is 2.39. The maximum Gasteiger partial charge on any atom is 0.307 e. The largest absolute Gasteiger partial charge is 0.481 e. The quantitative estimate of drug-likeness (QED) is 0.893. The molecule has 0 aliphatic heterocycles. The van der Waals surface area contributed by atoms with Crippen molar-refractivity contribution in [2.45, 2.75) is 18.8 Å². The SMILES string of the molecule is O=C(O)C1CCC1c1cnnn1-c1ccccc1. The fraction of sp³-hybridized carbons (Fsp3) is 0.308. The van der Waals surface area contributed by atoms with Crippen molar-refractivity contribution in [1.82, 2.24) is 15.0 Å². The summed E-state index contributed by atoms with van der Waals surface area (Å²) < 4.78 is 1.74. The number of hydrogen-bond donors (Lipinski definition) is 1. The van der Waals surface area contributed by atoms with E-state index in [2.05, 4.69) is 10.3 Å². The van der Waals surface area contributed by atoms with E-state index in [-0.39, 0.29) is 11.8 Å². The number of benzene rings is 1. The van der Waals surface area contributed by atoms with Crippen LogP contribution in [0.1, 0.15) is 24.5 Å². The maximum atomic E-state index is 11.1. The summed E-state index contributed by atoms with van der Waals surface area (Å²) in [5.41, 5.74) is 1.81. The molecule has 1 heterocycles. The van der Waals surface area contributed by atoms with Gasteiger partial charge in [-0.1, -0.05) is 23.4 Å². The van der Waals surface area contributed by atoms with Gasteiger partial charge in [-0.2, -0.15) is 0 Å². The van der Waals surface area contributed by atoms with Crippen LogP contribution in [-0.4, -0.2) is 26.1 Å². The molecule has 0 saturated heterocycles. The Balaban J connectivity index is 1.95. The van der Waals surface area contributed by atoms with E-state index in [0.717, 1.165) is 24.2 Å². The third-order valence-corrected chi connectivity index (χ3v) is 3.55. The Bertz CT molecular complexity index is 565. The molecule has 1 saturated carbocycles. The van der Waals surface area contributed by atoms with Crippen molar-refractivity contribution in [3.05, 3.63) is 42.2 Å². The molecule has 1 fully saturated rings. The standard InChI is InChI=1S/C13H13N3O2/c17-13(18)11-7-6-10(11)12-8-14-15-16(12)9-4-2-1-3-5-9/h1-5,8,10-11H,6-7H2,(H,17,18). The summed E-state index contributed by atoms with van der Waals surface area (Å²) >= 11 is 0. The number of nitrogens with zero attached hydrogens (tertiary/aromatic N) is 3. The first-order chi connectivity index (χ1) is 8.77. The molecule has 2 aromatic rings. The Hall–Kier alpha value is -2.17. The number of para-hydroxylation sites is 1. The molecule has 0 bridgehead atoms. The first-order valence-electron chi connectivity index (χ1n) is 5.96. The Morgan fingerprint density at radius 1 is 1.28 bits per heavy atom. The van der Waals surface area contributed by atoms with Crippen molar-refractivity contribution in [3.63, 3.8) is 0 Å². The van der Waals surface area contributed by atoms with Crippen molar-refractivity contribution in [3.8, 4) is 5.69 Å². The van der Waals surface area contributed by atoms with Crippen LogP contribution in [0.4, 0.5) is 0 Å². The Kier molecular flexibility index (Phi) is 2.59. The fourth-order valence-corrected chi connectivity index (χ4v) is 2.42. The summed E-state index contributed by atoms with van der Waals surface area (Å²) in [6, 6.07) is 9.66. The van der Waals surface area contributed by atoms with Crippen molar-refractivity contribution < 1.29 is 9.90 Å². The first kappa shape index (κ1) is 11.0. The summed E-state index contributed by atoms with van der Waals surface area (Å²) in [5.74, 6) is -1.00. The second-order valence-corrected chi connectivity index (χ2v) is 4.53. The number of carboxylic acid groups (broad SMARTS) is 1. The van der Waals surface area contributed by atoms with Gasteiger partial charge in [-0.3, -0.25) is 4.79 Å². The topological polar surface area (TPSA) is 68.0 Å². The zero-order valence-electron chi connectivity index (χ0n) is 9.73. The molecule has 5 nitrogen and oxygen atoms in total. The van der Waals surface area contributed by atoms with Crippen molar-refractivity contribution in [2.24, 2.45) is 5.92 Å². The van der Waals surface area contributed by atoms with Gasteiger partial charge in [-0.15, -0.1) is 5.10 Å². The van der Waals surface area contributed by atoms with Crippen LogP contribution in [0.5, 0.6) is 0 Å². The zero-order chi connectivity index (χ0) is 12.5. The number of rotatable bonds is 3. The highest BCUT2D eigenvalue weighted by atomic mass is 16.4. The molecule has 0 radical (unpaired) electrons. The highest BCUT2D eigenvalue weighted by molar-refractivity contribution is 5.72. The monoisotopic (exact) mass is 243 g/mol. The molecule has 3 rings (SSSR count). The Morgan fingerprint density at radius 3 is 2.67 bits per heavy atom. The van der Waals surface area contributed by atoms with Gasteiger partial charge in [-0.05, 0) is 25.0 Å². The summed E-state index contributed by atoms with van der Waals surface area (Å²) in [5, 5.41) is 17.1. The predicted octanol–water partition coefficient (Wildman–Crippen LogP) is 1.85. The van der Waals surface area contributed by atoms with E-state index in [1.165, 1.54) is 0 Å². The average molecular weight is 243 g/mol. The molecular weight excluding hydrogens is 230 g/mol. The molecule has 5 heteroatoms. The van der Waals surface area contributed by atoms with Gasteiger partial charge in [0, 0.05) is 5.92 Å². The van der Waals surface area contributed by atoms with E-state index in [0.29, 0.717) is 0 Å². The summed E-state index contributed by atoms with van der Waals surface area (Å²) in [6.07, 6.45) is 3.30. The van der Waals surface area contributed by atoms with Crippen LogP contribution in [-0.2, 0) is 4.79 Å². The lowest BCUT2D eigenvalue weighted by Crippen LogP contribution is -2.32. The van der Waals surface area contributed by atoms with Crippen LogP contribution in [0.3, 0.4) is 0 Å². The van der Waals surface area contributed by atoms with Crippen molar-refractivity contribution in [1.29, 1.82) is 0 Å². The minimum atomic E-state index is -0.730. The molecule has 1 aromatic heterocycles. The third-order valence-electron chi connectivity index (χ3n) is 3.55. The van der Waals surface area contributed by atoms with Gasteiger partial charge in [0.1, 0.15) is 0 Å². The summed E-state index contributed by atoms with van der Waals surface area (Å²) in [6.45, 7) is 0. The summed E-state index contributed by atoms with van der Waals surface area (Å²) in [4.78, 5) is 11.1. The first-order valence-corrected chi connectivity index (χ1v) is 5.96. The van der Waals surface area contributed by atoms with Crippen LogP contribution >= 0.6 is 0 Å². The van der Waals surface area contributed by atoms with Crippen molar-refractivity contribution in [2.75, 3.05) is 0 Å². The minimum absolute atomic E-state index is 0.0257. The van der Waals surface area contributed by atoms with Crippen LogP contribution in [0.25, 0.3) is 5.69 Å². The molecule has 2 atom stereocenters. The molecule has 0 amide bonds. The number of aliphatic carboxylic acids is 1. The van der Waals surface area contributed by atoms with Crippen LogP contribution < -0.4 is 0 Å². The lowest BCUT2D eigenvalue weighted by Gasteiger charge is -2.33. The lowest BCUT2D eigenvalue weighted by atomic mass is 9.72. The van der Waals surface area contributed by atoms with Gasteiger partial charge in [0.15, 0.2) is 0 Å². The number of aromatic nitrogens is 3. The molecule has 1 aromatic carbocycles. The average Bonchev–Trinajstić information content (AvgIpc) is 2.77. The van der Waals surface area contributed by atoms with Crippen LogP contribution in [0.15, 0.2) is 36.5 Å². The van der Waals surface area contributed by atoms with E-state index in [9.17, 15) is 4.79 Å². The van der Waals surface area contributed by atoms with E-state index in [1.54, 1.807) is 10.9 Å². The number of carboxylic acids is 1. The highest BCUT2D eigenvalue weighted by Crippen LogP contribution is 2.42. The van der Waals surface area contributed by atoms with Crippen LogP contribution in [0.2, 0.25) is 0 Å². The van der Waals surface area contributed by atoms with E-state index in [1.807, 2.05) is 30.3 Å². The lowest BCUT2D eigenvalue weighted by molar-refractivity contribution is -0.145.